The minimum atomic E-state index is -0.487. The topological polar surface area (TPSA) is 156 Å². The highest BCUT2D eigenvalue weighted by Crippen LogP contribution is 2.29. The number of H-pyrrole nitrogens is 1. The monoisotopic (exact) mass is 544 g/mol. The summed E-state index contributed by atoms with van der Waals surface area (Å²) in [7, 11) is 0. The second kappa shape index (κ2) is 12.5. The quantitative estimate of drug-likeness (QED) is 0.276. The molecule has 1 aliphatic rings. The molecule has 1 saturated carbocycles. The Kier molecular flexibility index (Phi) is 9.04. The average Bonchev–Trinajstić information content (AvgIpc) is 3.42. The van der Waals surface area contributed by atoms with Gasteiger partial charge in [-0.15, -0.1) is 0 Å². The van der Waals surface area contributed by atoms with E-state index in [0.717, 1.165) is 42.5 Å². The molecule has 0 radical (unpaired) electrons. The van der Waals surface area contributed by atoms with E-state index in [9.17, 15) is 14.4 Å². The molecule has 1 heterocycles. The van der Waals surface area contributed by atoms with Gasteiger partial charge >= 0.3 is 0 Å². The van der Waals surface area contributed by atoms with Gasteiger partial charge in [-0.3, -0.25) is 14.4 Å². The highest BCUT2D eigenvalue weighted by atomic mass is 16.2. The number of hydrogen-bond donors (Lipinski definition) is 5. The number of aromatic amines is 1. The summed E-state index contributed by atoms with van der Waals surface area (Å²) >= 11 is 0. The number of nitrogens with one attached hydrogen (secondary N) is 3. The van der Waals surface area contributed by atoms with Crippen LogP contribution < -0.4 is 22.1 Å². The molecular formula is C31H40N6O3. The van der Waals surface area contributed by atoms with Crippen molar-refractivity contribution in [2.75, 3.05) is 6.54 Å². The minimum Gasteiger partial charge on any atom is -0.366 e. The number of primary amides is 1. The van der Waals surface area contributed by atoms with Crippen LogP contribution in [0.15, 0.2) is 54.7 Å². The van der Waals surface area contributed by atoms with Crippen LogP contribution in [0.1, 0.15) is 84.6 Å². The summed E-state index contributed by atoms with van der Waals surface area (Å²) in [5.41, 5.74) is 14.4. The molecule has 9 nitrogen and oxygen atoms in total. The average molecular weight is 545 g/mol. The van der Waals surface area contributed by atoms with E-state index in [1.807, 2.05) is 39.0 Å². The van der Waals surface area contributed by atoms with Crippen LogP contribution in [0.3, 0.4) is 0 Å². The Morgan fingerprint density at radius 1 is 1.02 bits per heavy atom. The molecular weight excluding hydrogens is 504 g/mol. The summed E-state index contributed by atoms with van der Waals surface area (Å²) in [4.78, 5) is 45.6. The minimum absolute atomic E-state index is 0.00543. The number of amides is 3. The summed E-state index contributed by atoms with van der Waals surface area (Å²) in [5.74, 6) is 0.401. The van der Waals surface area contributed by atoms with Gasteiger partial charge in [-0.05, 0) is 101 Å². The van der Waals surface area contributed by atoms with E-state index in [-0.39, 0.29) is 23.3 Å². The molecule has 1 unspecified atom stereocenters. The van der Waals surface area contributed by atoms with Gasteiger partial charge in [0.1, 0.15) is 5.82 Å². The summed E-state index contributed by atoms with van der Waals surface area (Å²) in [6, 6.07) is 14.0. The van der Waals surface area contributed by atoms with E-state index in [1.165, 1.54) is 0 Å². The SMILES string of the molecule is CC(C)(C)NC(=O)c1cccc(CC(NC(=O)C2CCC(CN)CC2)c2ncc(-c3ccc(C(N)=O)cc3)[nH]2)c1. The third-order valence-electron chi connectivity index (χ3n) is 7.39. The maximum Gasteiger partial charge on any atom is 0.251 e. The van der Waals surface area contributed by atoms with E-state index in [0.29, 0.717) is 35.8 Å². The third-order valence-corrected chi connectivity index (χ3v) is 7.39. The lowest BCUT2D eigenvalue weighted by atomic mass is 9.81. The van der Waals surface area contributed by atoms with Gasteiger partial charge in [0.15, 0.2) is 0 Å². The first-order chi connectivity index (χ1) is 19.0. The molecule has 4 rings (SSSR count). The van der Waals surface area contributed by atoms with E-state index in [4.69, 9.17) is 11.5 Å². The molecule has 1 aliphatic carbocycles. The van der Waals surface area contributed by atoms with Crippen LogP contribution in [0.4, 0.5) is 0 Å². The fourth-order valence-electron chi connectivity index (χ4n) is 5.13. The number of carbonyl (C=O) groups is 3. The van der Waals surface area contributed by atoms with Crippen molar-refractivity contribution in [1.29, 1.82) is 0 Å². The molecule has 0 saturated heterocycles. The lowest BCUT2D eigenvalue weighted by molar-refractivity contribution is -0.127. The lowest BCUT2D eigenvalue weighted by Gasteiger charge is -2.28. The molecule has 1 atom stereocenters. The molecule has 0 spiro atoms. The Morgan fingerprint density at radius 2 is 1.73 bits per heavy atom. The molecule has 1 aromatic heterocycles. The van der Waals surface area contributed by atoms with Crippen molar-refractivity contribution in [1.82, 2.24) is 20.6 Å². The van der Waals surface area contributed by atoms with Crippen molar-refractivity contribution in [3.63, 3.8) is 0 Å². The largest absolute Gasteiger partial charge is 0.366 e. The van der Waals surface area contributed by atoms with Crippen molar-refractivity contribution in [2.24, 2.45) is 23.3 Å². The number of carbonyl (C=O) groups excluding carboxylic acids is 3. The van der Waals surface area contributed by atoms with Gasteiger partial charge in [0.25, 0.3) is 5.91 Å². The standard InChI is InChI=1S/C31H40N6O3/c1-31(2,3)37-30(40)24-6-4-5-20(15-24)16-25(36-29(39)23-9-7-19(17-32)8-10-23)28-34-18-26(35-28)21-11-13-22(14-12-21)27(33)38/h4-6,11-15,18-19,23,25H,7-10,16-17,32H2,1-3H3,(H2,33,38)(H,34,35)(H,36,39)(H,37,40). The smallest absolute Gasteiger partial charge is 0.251 e. The van der Waals surface area contributed by atoms with Crippen LogP contribution in [0.25, 0.3) is 11.3 Å². The molecule has 212 valence electrons. The zero-order valence-corrected chi connectivity index (χ0v) is 23.5. The second-order valence-electron chi connectivity index (χ2n) is 11.7. The molecule has 9 heteroatoms. The molecule has 0 aliphatic heterocycles. The van der Waals surface area contributed by atoms with Gasteiger partial charge in [0.05, 0.1) is 17.9 Å². The number of hydrogen-bond acceptors (Lipinski definition) is 5. The Morgan fingerprint density at radius 3 is 2.35 bits per heavy atom. The fraction of sp³-hybridized carbons (Fsp3) is 0.419. The molecule has 40 heavy (non-hydrogen) atoms. The lowest BCUT2D eigenvalue weighted by Crippen LogP contribution is -2.40. The summed E-state index contributed by atoms with van der Waals surface area (Å²) in [6.07, 6.45) is 5.71. The normalized spacial score (nSPS) is 18.1. The Bertz CT molecular complexity index is 1330. The Labute approximate surface area is 235 Å². The van der Waals surface area contributed by atoms with Crippen LogP contribution in [0.5, 0.6) is 0 Å². The number of benzene rings is 2. The predicted molar refractivity (Wildman–Crippen MR) is 155 cm³/mol. The van der Waals surface area contributed by atoms with Gasteiger partial charge in [-0.25, -0.2) is 4.98 Å². The van der Waals surface area contributed by atoms with Crippen molar-refractivity contribution >= 4 is 17.7 Å². The molecule has 3 aromatic rings. The maximum atomic E-state index is 13.4. The van der Waals surface area contributed by atoms with Gasteiger partial charge in [0, 0.05) is 22.6 Å². The summed E-state index contributed by atoms with van der Waals surface area (Å²) < 4.78 is 0. The number of rotatable bonds is 9. The zero-order valence-electron chi connectivity index (χ0n) is 23.5. The third kappa shape index (κ3) is 7.57. The highest BCUT2D eigenvalue weighted by Gasteiger charge is 2.28. The van der Waals surface area contributed by atoms with Crippen LogP contribution in [0.2, 0.25) is 0 Å². The number of nitrogens with zero attached hydrogens (tertiary/aromatic N) is 1. The van der Waals surface area contributed by atoms with Gasteiger partial charge in [-0.1, -0.05) is 24.3 Å². The van der Waals surface area contributed by atoms with Gasteiger partial charge in [0.2, 0.25) is 11.8 Å². The van der Waals surface area contributed by atoms with Crippen molar-refractivity contribution in [2.45, 2.75) is 64.5 Å². The first-order valence-corrected chi connectivity index (χ1v) is 13.9. The number of aromatic nitrogens is 2. The predicted octanol–water partition coefficient (Wildman–Crippen LogP) is 3.87. The van der Waals surface area contributed by atoms with Crippen LogP contribution >= 0.6 is 0 Å². The Balaban J connectivity index is 1.57. The van der Waals surface area contributed by atoms with Gasteiger partial charge in [-0.2, -0.15) is 0 Å². The van der Waals surface area contributed by atoms with Crippen LogP contribution in [-0.4, -0.2) is 39.8 Å². The fourth-order valence-corrected chi connectivity index (χ4v) is 5.13. The van der Waals surface area contributed by atoms with E-state index >= 15 is 0 Å². The molecule has 3 amide bonds. The van der Waals surface area contributed by atoms with Crippen LogP contribution in [-0.2, 0) is 11.2 Å². The summed E-state index contributed by atoms with van der Waals surface area (Å²) in [6.45, 7) is 6.48. The molecule has 0 bridgehead atoms. The van der Waals surface area contributed by atoms with Crippen molar-refractivity contribution < 1.29 is 14.4 Å². The zero-order chi connectivity index (χ0) is 28.9. The van der Waals surface area contributed by atoms with Crippen molar-refractivity contribution in [3.05, 3.63) is 77.2 Å². The maximum absolute atomic E-state index is 13.4. The molecule has 1 fully saturated rings. The highest BCUT2D eigenvalue weighted by molar-refractivity contribution is 5.95. The number of imidazole rings is 1. The molecule has 7 N–H and O–H groups in total. The second-order valence-corrected chi connectivity index (χ2v) is 11.7. The van der Waals surface area contributed by atoms with Crippen molar-refractivity contribution in [3.8, 4) is 11.3 Å². The first kappa shape index (κ1) is 29.0. The first-order valence-electron chi connectivity index (χ1n) is 13.9. The van der Waals surface area contributed by atoms with Crippen LogP contribution in [0, 0.1) is 11.8 Å². The van der Waals surface area contributed by atoms with E-state index in [1.54, 1.807) is 36.5 Å². The van der Waals surface area contributed by atoms with E-state index in [2.05, 4.69) is 20.6 Å². The Hall–Kier alpha value is -3.98. The molecule has 2 aromatic carbocycles. The number of nitrogens with two attached hydrogens (primary N) is 2. The van der Waals surface area contributed by atoms with Gasteiger partial charge < -0.3 is 27.1 Å². The van der Waals surface area contributed by atoms with E-state index < -0.39 is 11.9 Å². The summed E-state index contributed by atoms with van der Waals surface area (Å²) in [5, 5.41) is 6.23.